The van der Waals surface area contributed by atoms with Crippen LogP contribution in [-0.4, -0.2) is 7.11 Å². The Morgan fingerprint density at radius 3 is 1.95 bits per heavy atom. The van der Waals surface area contributed by atoms with Crippen LogP contribution in [0.1, 0.15) is 96.8 Å². The van der Waals surface area contributed by atoms with Crippen LogP contribution in [0.25, 0.3) is 0 Å². The summed E-state index contributed by atoms with van der Waals surface area (Å²) in [6, 6.07) is 4.73. The van der Waals surface area contributed by atoms with E-state index in [0.717, 1.165) is 11.7 Å². The van der Waals surface area contributed by atoms with Gasteiger partial charge in [-0.3, -0.25) is 0 Å². The van der Waals surface area contributed by atoms with Crippen LogP contribution in [0.3, 0.4) is 0 Å². The van der Waals surface area contributed by atoms with Gasteiger partial charge in [0.25, 0.3) is 0 Å². The van der Waals surface area contributed by atoms with Gasteiger partial charge in [-0.2, -0.15) is 0 Å². The number of benzene rings is 1. The monoisotopic (exact) mass is 304 g/mol. The van der Waals surface area contributed by atoms with Crippen LogP contribution in [0.2, 0.25) is 0 Å². The predicted molar refractivity (Wildman–Crippen MR) is 98.3 cm³/mol. The Morgan fingerprint density at radius 2 is 1.55 bits per heavy atom. The summed E-state index contributed by atoms with van der Waals surface area (Å²) >= 11 is 0. The molecule has 0 saturated heterocycles. The molecule has 0 amide bonds. The zero-order valence-corrected chi connectivity index (χ0v) is 16.2. The molecule has 126 valence electrons. The van der Waals surface area contributed by atoms with Gasteiger partial charge in [-0.25, -0.2) is 0 Å². The Hall–Kier alpha value is -0.980. The molecule has 0 saturated carbocycles. The van der Waals surface area contributed by atoms with Crippen LogP contribution in [0.15, 0.2) is 12.1 Å². The van der Waals surface area contributed by atoms with E-state index < -0.39 is 0 Å². The van der Waals surface area contributed by atoms with E-state index in [4.69, 9.17) is 4.74 Å². The van der Waals surface area contributed by atoms with Gasteiger partial charge in [-0.05, 0) is 40.7 Å². The van der Waals surface area contributed by atoms with Crippen LogP contribution in [0.4, 0.5) is 0 Å². The lowest BCUT2D eigenvalue weighted by molar-refractivity contribution is 0.386. The van der Waals surface area contributed by atoms with E-state index in [1.54, 1.807) is 0 Å². The van der Waals surface area contributed by atoms with Gasteiger partial charge in [0.15, 0.2) is 0 Å². The van der Waals surface area contributed by atoms with E-state index in [0.29, 0.717) is 11.8 Å². The average Bonchev–Trinajstić information content (AvgIpc) is 2.41. The summed E-state index contributed by atoms with van der Waals surface area (Å²) < 4.78 is 5.87. The van der Waals surface area contributed by atoms with Crippen molar-refractivity contribution in [2.45, 2.75) is 85.5 Å². The van der Waals surface area contributed by atoms with Crippen molar-refractivity contribution >= 4 is 0 Å². The van der Waals surface area contributed by atoms with Crippen molar-refractivity contribution in [3.05, 3.63) is 28.8 Å². The van der Waals surface area contributed by atoms with Gasteiger partial charge in [0, 0.05) is 5.56 Å². The van der Waals surface area contributed by atoms with E-state index in [-0.39, 0.29) is 5.41 Å². The highest BCUT2D eigenvalue weighted by molar-refractivity contribution is 5.50. The van der Waals surface area contributed by atoms with E-state index in [1.807, 2.05) is 7.11 Å². The number of hydrogen-bond acceptors (Lipinski definition) is 1. The van der Waals surface area contributed by atoms with Crippen molar-refractivity contribution in [1.29, 1.82) is 0 Å². The zero-order valence-electron chi connectivity index (χ0n) is 16.2. The van der Waals surface area contributed by atoms with Gasteiger partial charge < -0.3 is 4.74 Å². The first kappa shape index (κ1) is 19.1. The molecule has 1 rings (SSSR count). The highest BCUT2D eigenvalue weighted by atomic mass is 16.5. The van der Waals surface area contributed by atoms with Crippen molar-refractivity contribution in [1.82, 2.24) is 0 Å². The first-order chi connectivity index (χ1) is 10.1. The minimum absolute atomic E-state index is 0.1000. The molecule has 0 aliphatic carbocycles. The molecule has 0 aliphatic rings. The normalized spacial score (nSPS) is 13.8. The van der Waals surface area contributed by atoms with Gasteiger partial charge >= 0.3 is 0 Å². The lowest BCUT2D eigenvalue weighted by Crippen LogP contribution is -2.16. The third-order valence-corrected chi connectivity index (χ3v) is 4.53. The molecule has 0 heterocycles. The van der Waals surface area contributed by atoms with Crippen LogP contribution in [-0.2, 0) is 5.41 Å². The second-order valence-corrected chi connectivity index (χ2v) is 8.47. The average molecular weight is 305 g/mol. The summed E-state index contributed by atoms with van der Waals surface area (Å²) in [5.41, 5.74) is 4.26. The topological polar surface area (TPSA) is 9.23 Å². The molecule has 0 aromatic heterocycles. The first-order valence-electron chi connectivity index (χ1n) is 8.80. The molecule has 0 bridgehead atoms. The van der Waals surface area contributed by atoms with E-state index >= 15 is 0 Å². The number of rotatable bonds is 6. The molecule has 22 heavy (non-hydrogen) atoms. The van der Waals surface area contributed by atoms with Crippen molar-refractivity contribution in [2.75, 3.05) is 7.11 Å². The Balaban J connectivity index is 3.37. The highest BCUT2D eigenvalue weighted by Crippen LogP contribution is 2.41. The molecule has 1 nitrogen and oxygen atoms in total. The van der Waals surface area contributed by atoms with Crippen LogP contribution in [0, 0.1) is 5.92 Å². The maximum Gasteiger partial charge on any atom is 0.126 e. The lowest BCUT2D eigenvalue weighted by atomic mass is 9.80. The van der Waals surface area contributed by atoms with Gasteiger partial charge in [0.05, 0.1) is 7.11 Å². The molecular weight excluding hydrogens is 268 g/mol. The zero-order chi connectivity index (χ0) is 17.1. The first-order valence-corrected chi connectivity index (χ1v) is 8.80. The molecular formula is C21H36O. The Bertz CT molecular complexity index is 477. The summed E-state index contributed by atoms with van der Waals surface area (Å²) in [7, 11) is 1.82. The molecule has 1 aromatic rings. The SMILES string of the molecule is COc1c(C(C)CCC(C)C)cc(C(C)C)cc1C(C)(C)C. The summed E-state index contributed by atoms with van der Waals surface area (Å²) in [4.78, 5) is 0. The maximum atomic E-state index is 5.87. The maximum absolute atomic E-state index is 5.87. The lowest BCUT2D eigenvalue weighted by Gasteiger charge is -2.28. The third-order valence-electron chi connectivity index (χ3n) is 4.53. The van der Waals surface area contributed by atoms with E-state index in [1.165, 1.54) is 29.5 Å². The largest absolute Gasteiger partial charge is 0.496 e. The molecule has 0 fully saturated rings. The highest BCUT2D eigenvalue weighted by Gasteiger charge is 2.25. The molecule has 0 N–H and O–H groups in total. The standard InChI is InChI=1S/C21H36O/c1-14(2)10-11-16(5)18-12-17(15(3)4)13-19(20(18)22-9)21(6,7)8/h12-16H,10-11H2,1-9H3. The fourth-order valence-electron chi connectivity index (χ4n) is 2.90. The van der Waals surface area contributed by atoms with Crippen LogP contribution in [0.5, 0.6) is 5.75 Å². The van der Waals surface area contributed by atoms with E-state index in [9.17, 15) is 0 Å². The molecule has 1 unspecified atom stereocenters. The van der Waals surface area contributed by atoms with Gasteiger partial charge in [0.2, 0.25) is 0 Å². The molecule has 0 spiro atoms. The van der Waals surface area contributed by atoms with Crippen molar-refractivity contribution in [3.8, 4) is 5.75 Å². The summed E-state index contributed by atoms with van der Waals surface area (Å²) in [6.45, 7) is 18.3. The minimum atomic E-state index is 0.1000. The molecule has 0 radical (unpaired) electrons. The van der Waals surface area contributed by atoms with E-state index in [2.05, 4.69) is 67.5 Å². The second-order valence-electron chi connectivity index (χ2n) is 8.47. The van der Waals surface area contributed by atoms with Gasteiger partial charge in [-0.1, -0.05) is 73.9 Å². The summed E-state index contributed by atoms with van der Waals surface area (Å²) in [5, 5.41) is 0. The second kappa shape index (κ2) is 7.53. The third kappa shape index (κ3) is 4.76. The minimum Gasteiger partial charge on any atom is -0.496 e. The van der Waals surface area contributed by atoms with Crippen molar-refractivity contribution in [3.63, 3.8) is 0 Å². The Kier molecular flexibility index (Phi) is 6.52. The van der Waals surface area contributed by atoms with Gasteiger partial charge in [0.1, 0.15) is 5.75 Å². The van der Waals surface area contributed by atoms with Crippen LogP contribution < -0.4 is 4.74 Å². The fraction of sp³-hybridized carbons (Fsp3) is 0.714. The number of hydrogen-bond donors (Lipinski definition) is 0. The summed E-state index contributed by atoms with van der Waals surface area (Å²) in [5.74, 6) is 2.94. The number of ether oxygens (including phenoxy) is 1. The quantitative estimate of drug-likeness (QED) is 0.571. The summed E-state index contributed by atoms with van der Waals surface area (Å²) in [6.07, 6.45) is 2.49. The number of methoxy groups -OCH3 is 1. The molecule has 1 atom stereocenters. The smallest absolute Gasteiger partial charge is 0.126 e. The Morgan fingerprint density at radius 1 is 0.955 bits per heavy atom. The molecule has 1 heteroatoms. The Labute approximate surface area is 138 Å². The fourth-order valence-corrected chi connectivity index (χ4v) is 2.90. The molecule has 1 aromatic carbocycles. The van der Waals surface area contributed by atoms with Crippen molar-refractivity contribution in [2.24, 2.45) is 5.92 Å². The molecule has 0 aliphatic heterocycles. The predicted octanol–water partition coefficient (Wildman–Crippen LogP) is 6.66. The van der Waals surface area contributed by atoms with Crippen LogP contribution >= 0.6 is 0 Å². The van der Waals surface area contributed by atoms with Gasteiger partial charge in [-0.15, -0.1) is 0 Å². The van der Waals surface area contributed by atoms with Crippen molar-refractivity contribution < 1.29 is 4.74 Å².